The Hall–Kier alpha value is -6.74. The van der Waals surface area contributed by atoms with Crippen molar-refractivity contribution in [1.29, 1.82) is 0 Å². The number of fused-ring (bicyclic) bond motifs is 3. The first-order valence-corrected chi connectivity index (χ1v) is 21.6. The predicted molar refractivity (Wildman–Crippen MR) is 256 cm³/mol. The lowest BCUT2D eigenvalue weighted by Gasteiger charge is -2.33. The van der Waals surface area contributed by atoms with E-state index in [-0.39, 0.29) is 23.2 Å². The van der Waals surface area contributed by atoms with Crippen LogP contribution in [0.1, 0.15) is 43.6 Å². The molecule has 9 aromatic rings. The molecular formula is C46H36F2I2N10O3. The van der Waals surface area contributed by atoms with Crippen LogP contribution in [-0.4, -0.2) is 59.0 Å². The maximum Gasteiger partial charge on any atom is 0.275 e. The topological polar surface area (TPSA) is 142 Å². The molecule has 1 aliphatic rings. The maximum absolute atomic E-state index is 13.1. The molecule has 6 aromatic heterocycles. The van der Waals surface area contributed by atoms with Crippen LogP contribution in [0.5, 0.6) is 0 Å². The zero-order chi connectivity index (χ0) is 44.0. The molecule has 0 bridgehead atoms. The van der Waals surface area contributed by atoms with E-state index in [1.54, 1.807) is 29.1 Å². The van der Waals surface area contributed by atoms with Crippen molar-refractivity contribution in [3.8, 4) is 0 Å². The second-order valence-corrected chi connectivity index (χ2v) is 16.6. The van der Waals surface area contributed by atoms with E-state index >= 15 is 0 Å². The number of hydrogen-bond acceptors (Lipinski definition) is 7. The van der Waals surface area contributed by atoms with E-state index in [1.165, 1.54) is 12.1 Å². The molecule has 10 rings (SSSR count). The van der Waals surface area contributed by atoms with Gasteiger partial charge in [-0.25, -0.2) is 23.7 Å². The molecule has 63 heavy (non-hydrogen) atoms. The fourth-order valence-corrected chi connectivity index (χ4v) is 7.37. The van der Waals surface area contributed by atoms with Gasteiger partial charge in [0.25, 0.3) is 17.7 Å². The Morgan fingerprint density at radius 1 is 0.556 bits per heavy atom. The van der Waals surface area contributed by atoms with Gasteiger partial charge in [-0.05, 0) is 131 Å². The number of aryl methyl sites for hydroxylation is 1. The molecule has 1 fully saturated rings. The van der Waals surface area contributed by atoms with Crippen molar-refractivity contribution in [2.75, 3.05) is 33.9 Å². The average Bonchev–Trinajstić information content (AvgIpc) is 4.00. The van der Waals surface area contributed by atoms with Gasteiger partial charge < -0.3 is 34.1 Å². The van der Waals surface area contributed by atoms with Crippen LogP contribution in [-0.2, 0) is 0 Å². The van der Waals surface area contributed by atoms with Crippen molar-refractivity contribution in [1.82, 2.24) is 28.2 Å². The standard InChI is InChI=1S/C17H16N4O.C15H12IN3O.C14H8F2IN3O/c22-17(18-13-5-2-1-3-6-13)15-12-21-11-14(20-9-4-10-20)7-8-16(21)19-15;1-10-12(16)7-8-14-18-13(9-19(10)14)15(20)17-11-5-3-2-4-6-11;15-8-3-9(16)5-11(4-8)18-14(21)12-7-20-6-10(17)1-2-13(20)19-12/h1-3,5-8,11-12H,4,9-10H2,(H,18,22);2-9H,1H3,(H,17,20);1-7H,(H,18,21). The summed E-state index contributed by atoms with van der Waals surface area (Å²) in [6.45, 7) is 4.21. The summed E-state index contributed by atoms with van der Waals surface area (Å²) in [6.07, 6.45) is 10.2. The lowest BCUT2D eigenvalue weighted by atomic mass is 10.2. The molecule has 0 aliphatic carbocycles. The van der Waals surface area contributed by atoms with E-state index in [0.717, 1.165) is 66.8 Å². The van der Waals surface area contributed by atoms with Crippen molar-refractivity contribution >= 4 is 103 Å². The highest BCUT2D eigenvalue weighted by atomic mass is 127. The maximum atomic E-state index is 13.1. The number of imidazole rings is 3. The Bertz CT molecular complexity index is 3100. The van der Waals surface area contributed by atoms with Gasteiger partial charge in [-0.3, -0.25) is 14.4 Å². The predicted octanol–water partition coefficient (Wildman–Crippen LogP) is 9.77. The van der Waals surface area contributed by atoms with Gasteiger partial charge in [-0.2, -0.15) is 0 Å². The monoisotopic (exact) mass is 1070 g/mol. The van der Waals surface area contributed by atoms with E-state index in [0.29, 0.717) is 17.0 Å². The van der Waals surface area contributed by atoms with Crippen molar-refractivity contribution in [2.45, 2.75) is 13.3 Å². The molecule has 3 amide bonds. The minimum atomic E-state index is -0.755. The zero-order valence-corrected chi connectivity index (χ0v) is 37.7. The van der Waals surface area contributed by atoms with Gasteiger partial charge in [0, 0.05) is 80.0 Å². The van der Waals surface area contributed by atoms with Crippen LogP contribution in [0.3, 0.4) is 0 Å². The van der Waals surface area contributed by atoms with Crippen LogP contribution in [0.2, 0.25) is 0 Å². The Morgan fingerprint density at radius 3 is 1.60 bits per heavy atom. The largest absolute Gasteiger partial charge is 0.370 e. The number of nitrogens with one attached hydrogen (secondary N) is 3. The lowest BCUT2D eigenvalue weighted by Crippen LogP contribution is -2.37. The average molecular weight is 1070 g/mol. The third-order valence-electron chi connectivity index (χ3n) is 9.77. The number of amides is 3. The summed E-state index contributed by atoms with van der Waals surface area (Å²) in [5, 5.41) is 8.11. The van der Waals surface area contributed by atoms with Crippen molar-refractivity contribution in [3.63, 3.8) is 0 Å². The van der Waals surface area contributed by atoms with Gasteiger partial charge >= 0.3 is 0 Å². The Kier molecular flexibility index (Phi) is 13.0. The number of halogens is 4. The van der Waals surface area contributed by atoms with Gasteiger partial charge in [0.2, 0.25) is 0 Å². The minimum absolute atomic E-state index is 0.0455. The minimum Gasteiger partial charge on any atom is -0.370 e. The second-order valence-electron chi connectivity index (χ2n) is 14.2. The highest BCUT2D eigenvalue weighted by Crippen LogP contribution is 2.22. The van der Waals surface area contributed by atoms with Crippen LogP contribution in [0.15, 0.2) is 146 Å². The summed E-state index contributed by atoms with van der Waals surface area (Å²) in [5.41, 5.74) is 7.01. The summed E-state index contributed by atoms with van der Waals surface area (Å²) in [6, 6.07) is 33.2. The number of anilines is 4. The van der Waals surface area contributed by atoms with E-state index in [9.17, 15) is 23.2 Å². The van der Waals surface area contributed by atoms with Crippen LogP contribution in [0, 0.1) is 25.7 Å². The number of pyridine rings is 3. The number of para-hydroxylation sites is 2. The SMILES string of the molecule is Cc1c(I)ccc2nc(C(=O)Nc3ccccc3)cn12.O=C(Nc1cc(F)cc(F)c1)c1cn2cc(I)ccc2n1.O=C(Nc1ccccc1)c1cn2cc(N3CCC3)ccc2n1. The quantitative estimate of drug-likeness (QED) is 0.135. The van der Waals surface area contributed by atoms with Crippen LogP contribution in [0.25, 0.3) is 16.9 Å². The first-order chi connectivity index (χ1) is 30.4. The van der Waals surface area contributed by atoms with Crippen LogP contribution < -0.4 is 20.9 Å². The number of benzene rings is 3. The molecule has 0 atom stereocenters. The molecule has 0 radical (unpaired) electrons. The highest BCUT2D eigenvalue weighted by Gasteiger charge is 2.17. The number of carbonyl (C=O) groups excluding carboxylic acids is 3. The fourth-order valence-electron chi connectivity index (χ4n) is 6.45. The van der Waals surface area contributed by atoms with Gasteiger partial charge in [-0.15, -0.1) is 0 Å². The third kappa shape index (κ3) is 10.5. The number of carbonyl (C=O) groups is 3. The molecular weight excluding hydrogens is 1030 g/mol. The van der Waals surface area contributed by atoms with E-state index in [4.69, 9.17) is 0 Å². The number of nitrogens with zero attached hydrogens (tertiary/aromatic N) is 7. The van der Waals surface area contributed by atoms with E-state index in [2.05, 4.69) is 87.1 Å². The Morgan fingerprint density at radius 2 is 1.05 bits per heavy atom. The summed E-state index contributed by atoms with van der Waals surface area (Å²) in [7, 11) is 0. The first-order valence-electron chi connectivity index (χ1n) is 19.5. The molecule has 1 saturated heterocycles. The summed E-state index contributed by atoms with van der Waals surface area (Å²) in [5.74, 6) is -2.43. The molecule has 0 saturated carbocycles. The molecule has 3 aromatic carbocycles. The summed E-state index contributed by atoms with van der Waals surface area (Å²) < 4.78 is 33.9. The normalized spacial score (nSPS) is 11.9. The third-order valence-corrected chi connectivity index (χ3v) is 11.6. The smallest absolute Gasteiger partial charge is 0.275 e. The summed E-state index contributed by atoms with van der Waals surface area (Å²) in [4.78, 5) is 51.7. The second kappa shape index (κ2) is 19.1. The van der Waals surface area contributed by atoms with E-state index < -0.39 is 17.5 Å². The molecule has 316 valence electrons. The van der Waals surface area contributed by atoms with Crippen LogP contribution >= 0.6 is 45.2 Å². The van der Waals surface area contributed by atoms with Gasteiger partial charge in [0.1, 0.15) is 45.7 Å². The number of aromatic nitrogens is 6. The molecule has 17 heteroatoms. The van der Waals surface area contributed by atoms with Gasteiger partial charge in [-0.1, -0.05) is 36.4 Å². The van der Waals surface area contributed by atoms with Crippen LogP contribution in [0.4, 0.5) is 31.5 Å². The van der Waals surface area contributed by atoms with Crippen molar-refractivity contribution in [2.24, 2.45) is 0 Å². The first kappa shape index (κ1) is 42.9. The number of hydrogen-bond donors (Lipinski definition) is 3. The van der Waals surface area contributed by atoms with Crippen molar-refractivity contribution < 1.29 is 23.2 Å². The van der Waals surface area contributed by atoms with Gasteiger partial charge in [0.05, 0.1) is 5.69 Å². The molecule has 0 unspecified atom stereocenters. The van der Waals surface area contributed by atoms with Gasteiger partial charge in [0.15, 0.2) is 0 Å². The van der Waals surface area contributed by atoms with E-state index in [1.807, 2.05) is 113 Å². The summed E-state index contributed by atoms with van der Waals surface area (Å²) >= 11 is 4.42. The molecule has 7 heterocycles. The van der Waals surface area contributed by atoms with Crippen molar-refractivity contribution in [3.05, 3.63) is 188 Å². The zero-order valence-electron chi connectivity index (χ0n) is 33.3. The molecule has 3 N–H and O–H groups in total. The number of rotatable bonds is 7. The Balaban J connectivity index is 0.000000130. The highest BCUT2D eigenvalue weighted by molar-refractivity contribution is 14.1. The fraction of sp³-hybridized carbons (Fsp3) is 0.0870. The molecule has 13 nitrogen and oxygen atoms in total. The Labute approximate surface area is 386 Å². The lowest BCUT2D eigenvalue weighted by molar-refractivity contribution is 0.101. The molecule has 0 spiro atoms. The molecule has 1 aliphatic heterocycles.